The minimum atomic E-state index is -0.316. The van der Waals surface area contributed by atoms with Crippen LogP contribution >= 0.6 is 0 Å². The summed E-state index contributed by atoms with van der Waals surface area (Å²) in [6, 6.07) is 2.17. The molecule has 0 bridgehead atoms. The van der Waals surface area contributed by atoms with Gasteiger partial charge in [-0.2, -0.15) is 5.26 Å². The molecule has 11 heavy (non-hydrogen) atoms. The van der Waals surface area contributed by atoms with E-state index < -0.39 is 0 Å². The van der Waals surface area contributed by atoms with Crippen molar-refractivity contribution in [2.45, 2.75) is 6.42 Å². The van der Waals surface area contributed by atoms with Gasteiger partial charge in [0.1, 0.15) is 0 Å². The van der Waals surface area contributed by atoms with Crippen LogP contribution in [0.1, 0.15) is 6.42 Å². The Balaban J connectivity index is 2.31. The standard InChI is InChI=1S/C7H11N3O/c8-3-6-1-2-10(4-6)5-7(9)11/h6H,1-2,4-5H2,(H2,9,11)/t6-/m0/s1. The quantitative estimate of drug-likeness (QED) is 0.571. The molecule has 1 fully saturated rings. The van der Waals surface area contributed by atoms with E-state index in [0.29, 0.717) is 6.54 Å². The maximum Gasteiger partial charge on any atom is 0.231 e. The first-order chi connectivity index (χ1) is 5.22. The molecule has 1 atom stereocenters. The molecular weight excluding hydrogens is 142 g/mol. The first kappa shape index (κ1) is 8.02. The van der Waals surface area contributed by atoms with E-state index >= 15 is 0 Å². The third-order valence-corrected chi connectivity index (χ3v) is 1.83. The second-order valence-corrected chi connectivity index (χ2v) is 2.82. The van der Waals surface area contributed by atoms with E-state index in [1.807, 2.05) is 4.90 Å². The number of hydrogen-bond donors (Lipinski definition) is 1. The molecule has 2 N–H and O–H groups in total. The predicted molar refractivity (Wildman–Crippen MR) is 39.4 cm³/mol. The molecule has 1 rings (SSSR count). The molecule has 0 aromatic carbocycles. The molecule has 0 aromatic heterocycles. The summed E-state index contributed by atoms with van der Waals surface area (Å²) in [6.07, 6.45) is 0.865. The Morgan fingerprint density at radius 1 is 1.82 bits per heavy atom. The highest BCUT2D eigenvalue weighted by Crippen LogP contribution is 2.13. The highest BCUT2D eigenvalue weighted by Gasteiger charge is 2.22. The van der Waals surface area contributed by atoms with Crippen molar-refractivity contribution in [1.82, 2.24) is 4.90 Å². The molecule has 0 aliphatic carbocycles. The summed E-state index contributed by atoms with van der Waals surface area (Å²) in [5.74, 6) is -0.224. The molecular formula is C7H11N3O. The summed E-state index contributed by atoms with van der Waals surface area (Å²) in [6.45, 7) is 1.80. The van der Waals surface area contributed by atoms with E-state index in [0.717, 1.165) is 13.0 Å². The van der Waals surface area contributed by atoms with Gasteiger partial charge in [-0.25, -0.2) is 0 Å². The number of rotatable bonds is 2. The molecule has 0 unspecified atom stereocenters. The average molecular weight is 153 g/mol. The lowest BCUT2D eigenvalue weighted by atomic mass is 10.1. The van der Waals surface area contributed by atoms with E-state index in [1.165, 1.54) is 0 Å². The average Bonchev–Trinajstić information content (AvgIpc) is 2.34. The van der Waals surface area contributed by atoms with Crippen molar-refractivity contribution in [1.29, 1.82) is 5.26 Å². The van der Waals surface area contributed by atoms with Gasteiger partial charge in [0.25, 0.3) is 0 Å². The van der Waals surface area contributed by atoms with Gasteiger partial charge in [-0.05, 0) is 6.42 Å². The number of nitriles is 1. The molecule has 0 saturated carbocycles. The lowest BCUT2D eigenvalue weighted by molar-refractivity contribution is -0.118. The van der Waals surface area contributed by atoms with Crippen molar-refractivity contribution in [3.63, 3.8) is 0 Å². The van der Waals surface area contributed by atoms with Gasteiger partial charge in [-0.15, -0.1) is 0 Å². The second-order valence-electron chi connectivity index (χ2n) is 2.82. The maximum atomic E-state index is 10.4. The molecule has 0 aromatic rings. The molecule has 0 radical (unpaired) electrons. The van der Waals surface area contributed by atoms with Crippen molar-refractivity contribution >= 4 is 5.91 Å². The van der Waals surface area contributed by atoms with E-state index in [4.69, 9.17) is 11.0 Å². The topological polar surface area (TPSA) is 70.1 Å². The molecule has 60 valence electrons. The summed E-state index contributed by atoms with van der Waals surface area (Å²) in [4.78, 5) is 12.4. The van der Waals surface area contributed by atoms with Gasteiger partial charge >= 0.3 is 0 Å². The fourth-order valence-electron chi connectivity index (χ4n) is 1.30. The van der Waals surface area contributed by atoms with Gasteiger partial charge in [0.2, 0.25) is 5.91 Å². The number of amides is 1. The number of primary amides is 1. The van der Waals surface area contributed by atoms with Crippen molar-refractivity contribution in [2.24, 2.45) is 11.7 Å². The molecule has 1 aliphatic rings. The third kappa shape index (κ3) is 2.20. The minimum absolute atomic E-state index is 0.0920. The van der Waals surface area contributed by atoms with Crippen LogP contribution in [0, 0.1) is 17.2 Å². The number of carbonyl (C=O) groups is 1. The minimum Gasteiger partial charge on any atom is -0.369 e. The van der Waals surface area contributed by atoms with Gasteiger partial charge in [0, 0.05) is 13.1 Å². The molecule has 4 nitrogen and oxygen atoms in total. The van der Waals surface area contributed by atoms with Gasteiger partial charge in [-0.1, -0.05) is 0 Å². The van der Waals surface area contributed by atoms with E-state index in [1.54, 1.807) is 0 Å². The summed E-state index contributed by atoms with van der Waals surface area (Å²) in [5.41, 5.74) is 5.00. The smallest absolute Gasteiger partial charge is 0.231 e. The van der Waals surface area contributed by atoms with Crippen molar-refractivity contribution in [3.8, 4) is 6.07 Å². The summed E-state index contributed by atoms with van der Waals surface area (Å²) in [7, 11) is 0. The molecule has 4 heteroatoms. The monoisotopic (exact) mass is 153 g/mol. The van der Waals surface area contributed by atoms with Gasteiger partial charge in [0.15, 0.2) is 0 Å². The lowest BCUT2D eigenvalue weighted by Gasteiger charge is -2.10. The van der Waals surface area contributed by atoms with Crippen LogP contribution in [0.25, 0.3) is 0 Å². The first-order valence-corrected chi connectivity index (χ1v) is 3.62. The molecule has 1 saturated heterocycles. The highest BCUT2D eigenvalue weighted by atomic mass is 16.1. The van der Waals surface area contributed by atoms with Gasteiger partial charge in [0.05, 0.1) is 18.5 Å². The summed E-state index contributed by atoms with van der Waals surface area (Å²) >= 11 is 0. The number of hydrogen-bond acceptors (Lipinski definition) is 3. The fraction of sp³-hybridized carbons (Fsp3) is 0.714. The molecule has 1 heterocycles. The third-order valence-electron chi connectivity index (χ3n) is 1.83. The normalized spacial score (nSPS) is 24.8. The molecule has 1 aliphatic heterocycles. The van der Waals surface area contributed by atoms with Crippen LogP contribution in [0.2, 0.25) is 0 Å². The fourth-order valence-corrected chi connectivity index (χ4v) is 1.30. The molecule has 0 spiro atoms. The van der Waals surface area contributed by atoms with Crippen molar-refractivity contribution < 1.29 is 4.79 Å². The Morgan fingerprint density at radius 2 is 2.55 bits per heavy atom. The summed E-state index contributed by atoms with van der Waals surface area (Å²) < 4.78 is 0. The molecule has 1 amide bonds. The number of likely N-dealkylation sites (tertiary alicyclic amines) is 1. The highest BCUT2D eigenvalue weighted by molar-refractivity contribution is 5.75. The van der Waals surface area contributed by atoms with Crippen molar-refractivity contribution in [3.05, 3.63) is 0 Å². The zero-order valence-electron chi connectivity index (χ0n) is 6.29. The van der Waals surface area contributed by atoms with Gasteiger partial charge in [-0.3, -0.25) is 9.69 Å². The Bertz CT molecular complexity index is 196. The maximum absolute atomic E-state index is 10.4. The van der Waals surface area contributed by atoms with Gasteiger partial charge < -0.3 is 5.73 Å². The van der Waals surface area contributed by atoms with Crippen LogP contribution in [0.4, 0.5) is 0 Å². The van der Waals surface area contributed by atoms with Crippen LogP contribution in [0.15, 0.2) is 0 Å². The van der Waals surface area contributed by atoms with E-state index in [9.17, 15) is 4.79 Å². The second kappa shape index (κ2) is 3.35. The Hall–Kier alpha value is -1.08. The van der Waals surface area contributed by atoms with Crippen LogP contribution in [-0.4, -0.2) is 30.4 Å². The summed E-state index contributed by atoms with van der Waals surface area (Å²) in [5, 5.41) is 8.53. The number of nitrogens with two attached hydrogens (primary N) is 1. The zero-order chi connectivity index (χ0) is 8.27. The Labute approximate surface area is 65.6 Å². The number of carbonyl (C=O) groups excluding carboxylic acids is 1. The zero-order valence-corrected chi connectivity index (χ0v) is 6.29. The Morgan fingerprint density at radius 3 is 3.00 bits per heavy atom. The SMILES string of the molecule is N#C[C@@H]1CCN(CC(N)=O)C1. The Kier molecular flexibility index (Phi) is 2.44. The largest absolute Gasteiger partial charge is 0.369 e. The van der Waals surface area contributed by atoms with Crippen LogP contribution < -0.4 is 5.73 Å². The predicted octanol–water partition coefficient (Wildman–Crippen LogP) is -0.683. The van der Waals surface area contributed by atoms with Crippen LogP contribution in [0.5, 0.6) is 0 Å². The first-order valence-electron chi connectivity index (χ1n) is 3.62. The van der Waals surface area contributed by atoms with E-state index in [2.05, 4.69) is 6.07 Å². The van der Waals surface area contributed by atoms with Crippen molar-refractivity contribution in [2.75, 3.05) is 19.6 Å². The van der Waals surface area contributed by atoms with Crippen LogP contribution in [0.3, 0.4) is 0 Å². The number of nitrogens with zero attached hydrogens (tertiary/aromatic N) is 2. The lowest BCUT2D eigenvalue weighted by Crippen LogP contribution is -2.31. The van der Waals surface area contributed by atoms with Crippen LogP contribution in [-0.2, 0) is 4.79 Å². The van der Waals surface area contributed by atoms with E-state index in [-0.39, 0.29) is 18.4 Å².